The van der Waals surface area contributed by atoms with Crippen LogP contribution < -0.4 is 5.32 Å². The van der Waals surface area contributed by atoms with E-state index in [4.69, 9.17) is 4.42 Å². The zero-order valence-corrected chi connectivity index (χ0v) is 18.7. The molecule has 0 aliphatic carbocycles. The Hall–Kier alpha value is -1.68. The van der Waals surface area contributed by atoms with E-state index in [0.29, 0.717) is 36.7 Å². The number of amides is 1. The predicted molar refractivity (Wildman–Crippen MR) is 116 cm³/mol. The minimum Gasteiger partial charge on any atom is -0.468 e. The molecule has 0 spiro atoms. The molecule has 2 aromatic heterocycles. The topological polar surface area (TPSA) is 82.9 Å². The summed E-state index contributed by atoms with van der Waals surface area (Å²) in [7, 11) is -3.44. The molecule has 0 aromatic carbocycles. The van der Waals surface area contributed by atoms with Gasteiger partial charge in [0.15, 0.2) is 0 Å². The lowest BCUT2D eigenvalue weighted by Crippen LogP contribution is -2.45. The van der Waals surface area contributed by atoms with E-state index in [9.17, 15) is 13.2 Å². The molecule has 2 aliphatic heterocycles. The third kappa shape index (κ3) is 4.80. The van der Waals surface area contributed by atoms with Gasteiger partial charge in [0, 0.05) is 25.6 Å². The van der Waals surface area contributed by atoms with E-state index < -0.39 is 10.0 Å². The van der Waals surface area contributed by atoms with Crippen LogP contribution in [0.3, 0.4) is 0 Å². The van der Waals surface area contributed by atoms with E-state index >= 15 is 0 Å². The minimum absolute atomic E-state index is 0.0109. The number of likely N-dealkylation sites (tertiary alicyclic amines) is 1. The van der Waals surface area contributed by atoms with Gasteiger partial charge in [-0.15, -0.1) is 11.3 Å². The zero-order valence-electron chi connectivity index (χ0n) is 17.0. The molecule has 1 atom stereocenters. The molecule has 30 heavy (non-hydrogen) atoms. The number of hydrogen-bond donors (Lipinski definition) is 1. The molecule has 1 amide bonds. The molecule has 164 valence electrons. The first-order valence-electron chi connectivity index (χ1n) is 10.6. The standard InChI is InChI=1S/C21H29N3O4S2/c25-21(17-8-12-24(13-9-17)30(26,27)20-7-5-15-29-20)22-16-18(19-6-4-14-28-19)23-10-2-1-3-11-23/h4-7,14-15,17-18H,1-3,8-13,16H2,(H,22,25)/t18-/m0/s1. The van der Waals surface area contributed by atoms with Gasteiger partial charge in [0.1, 0.15) is 9.97 Å². The maximum Gasteiger partial charge on any atom is 0.252 e. The van der Waals surface area contributed by atoms with Crippen LogP contribution in [0.5, 0.6) is 0 Å². The lowest BCUT2D eigenvalue weighted by Gasteiger charge is -2.34. The number of rotatable bonds is 7. The zero-order chi connectivity index (χ0) is 21.0. The van der Waals surface area contributed by atoms with Crippen molar-refractivity contribution in [2.24, 2.45) is 5.92 Å². The molecule has 4 rings (SSSR count). The van der Waals surface area contributed by atoms with Gasteiger partial charge in [-0.25, -0.2) is 8.42 Å². The number of piperidine rings is 2. The van der Waals surface area contributed by atoms with Crippen molar-refractivity contribution in [3.8, 4) is 0 Å². The lowest BCUT2D eigenvalue weighted by molar-refractivity contribution is -0.126. The number of hydrogen-bond acceptors (Lipinski definition) is 6. The van der Waals surface area contributed by atoms with Crippen LogP contribution in [0.1, 0.15) is 43.9 Å². The molecular weight excluding hydrogens is 422 g/mol. The monoisotopic (exact) mass is 451 g/mol. The maximum absolute atomic E-state index is 12.8. The van der Waals surface area contributed by atoms with Gasteiger partial charge in [-0.2, -0.15) is 4.31 Å². The molecule has 2 aromatic rings. The number of sulfonamides is 1. The summed E-state index contributed by atoms with van der Waals surface area (Å²) in [6, 6.07) is 7.28. The second-order valence-corrected chi connectivity index (χ2v) is 11.1. The van der Waals surface area contributed by atoms with Gasteiger partial charge >= 0.3 is 0 Å². The SMILES string of the molecule is O=C(NC[C@@H](c1ccco1)N1CCCCC1)C1CCN(S(=O)(=O)c2cccs2)CC1. The third-order valence-corrected chi connectivity index (χ3v) is 9.36. The van der Waals surface area contributed by atoms with Crippen LogP contribution in [-0.4, -0.2) is 56.3 Å². The molecule has 2 fully saturated rings. The second-order valence-electron chi connectivity index (χ2n) is 7.98. The molecular formula is C21H29N3O4S2. The molecule has 9 heteroatoms. The largest absolute Gasteiger partial charge is 0.468 e. The first kappa shape index (κ1) is 21.5. The quantitative estimate of drug-likeness (QED) is 0.700. The number of nitrogens with zero attached hydrogens (tertiary/aromatic N) is 2. The molecule has 0 saturated carbocycles. The van der Waals surface area contributed by atoms with Gasteiger partial charge in [0.05, 0.1) is 12.3 Å². The number of furan rings is 1. The van der Waals surface area contributed by atoms with Gasteiger partial charge in [-0.1, -0.05) is 12.5 Å². The van der Waals surface area contributed by atoms with E-state index in [1.54, 1.807) is 23.8 Å². The Morgan fingerprint density at radius 2 is 1.90 bits per heavy atom. The molecule has 0 bridgehead atoms. The number of thiophene rings is 1. The lowest BCUT2D eigenvalue weighted by atomic mass is 9.97. The van der Waals surface area contributed by atoms with Crippen LogP contribution in [0, 0.1) is 5.92 Å². The van der Waals surface area contributed by atoms with Gasteiger partial charge in [-0.05, 0) is 62.4 Å². The van der Waals surface area contributed by atoms with Crippen molar-refractivity contribution in [1.29, 1.82) is 0 Å². The van der Waals surface area contributed by atoms with Gasteiger partial charge in [-0.3, -0.25) is 9.69 Å². The maximum atomic E-state index is 12.8. The van der Waals surface area contributed by atoms with Crippen molar-refractivity contribution in [2.45, 2.75) is 42.4 Å². The van der Waals surface area contributed by atoms with E-state index in [-0.39, 0.29) is 17.9 Å². The van der Waals surface area contributed by atoms with Crippen molar-refractivity contribution in [3.05, 3.63) is 41.7 Å². The van der Waals surface area contributed by atoms with Crippen molar-refractivity contribution in [1.82, 2.24) is 14.5 Å². The van der Waals surface area contributed by atoms with Gasteiger partial charge < -0.3 is 9.73 Å². The Bertz CT molecular complexity index is 898. The van der Waals surface area contributed by atoms with Crippen LogP contribution in [0.15, 0.2) is 44.5 Å². The summed E-state index contributed by atoms with van der Waals surface area (Å²) in [6.45, 7) is 3.30. The summed E-state index contributed by atoms with van der Waals surface area (Å²) >= 11 is 1.23. The minimum atomic E-state index is -3.44. The third-order valence-electron chi connectivity index (χ3n) is 6.09. The van der Waals surface area contributed by atoms with Crippen LogP contribution >= 0.6 is 11.3 Å². The molecule has 2 saturated heterocycles. The fourth-order valence-corrected chi connectivity index (χ4v) is 6.97. The predicted octanol–water partition coefficient (Wildman–Crippen LogP) is 3.09. The highest BCUT2D eigenvalue weighted by Gasteiger charge is 2.33. The van der Waals surface area contributed by atoms with Crippen molar-refractivity contribution in [2.75, 3.05) is 32.7 Å². The van der Waals surface area contributed by atoms with Crippen LogP contribution in [-0.2, 0) is 14.8 Å². The van der Waals surface area contributed by atoms with E-state index in [2.05, 4.69) is 10.2 Å². The Kier molecular flexibility index (Phi) is 6.92. The summed E-state index contributed by atoms with van der Waals surface area (Å²) in [5, 5.41) is 4.88. The highest BCUT2D eigenvalue weighted by Crippen LogP contribution is 2.27. The van der Waals surface area contributed by atoms with Crippen LogP contribution in [0.25, 0.3) is 0 Å². The Balaban J connectivity index is 1.32. The molecule has 0 radical (unpaired) electrons. The van der Waals surface area contributed by atoms with Crippen molar-refractivity contribution in [3.63, 3.8) is 0 Å². The fraction of sp³-hybridized carbons (Fsp3) is 0.571. The first-order chi connectivity index (χ1) is 14.6. The summed E-state index contributed by atoms with van der Waals surface area (Å²) in [6.07, 6.45) is 6.36. The molecule has 7 nitrogen and oxygen atoms in total. The molecule has 2 aliphatic rings. The van der Waals surface area contributed by atoms with Gasteiger partial charge in [0.2, 0.25) is 5.91 Å². The number of nitrogens with one attached hydrogen (secondary N) is 1. The number of carbonyl (C=O) groups excluding carboxylic acids is 1. The average molecular weight is 452 g/mol. The Labute approximate surface area is 182 Å². The summed E-state index contributed by atoms with van der Waals surface area (Å²) < 4.78 is 32.9. The first-order valence-corrected chi connectivity index (χ1v) is 13.0. The second kappa shape index (κ2) is 9.64. The highest BCUT2D eigenvalue weighted by molar-refractivity contribution is 7.91. The summed E-state index contributed by atoms with van der Waals surface area (Å²) in [5.41, 5.74) is 0. The molecule has 0 unspecified atom stereocenters. The van der Waals surface area contributed by atoms with E-state index in [1.807, 2.05) is 12.1 Å². The van der Waals surface area contributed by atoms with Crippen LogP contribution in [0.4, 0.5) is 0 Å². The highest BCUT2D eigenvalue weighted by atomic mass is 32.2. The Morgan fingerprint density at radius 1 is 1.13 bits per heavy atom. The molecule has 4 heterocycles. The van der Waals surface area contributed by atoms with Crippen molar-refractivity contribution >= 4 is 27.3 Å². The molecule has 1 N–H and O–H groups in total. The normalized spacial score (nSPS) is 20.8. The summed E-state index contributed by atoms with van der Waals surface area (Å²) in [5.74, 6) is 0.740. The number of carbonyl (C=O) groups is 1. The smallest absolute Gasteiger partial charge is 0.252 e. The fourth-order valence-electron chi connectivity index (χ4n) is 4.36. The summed E-state index contributed by atoms with van der Waals surface area (Å²) in [4.78, 5) is 15.2. The average Bonchev–Trinajstić information content (AvgIpc) is 3.49. The van der Waals surface area contributed by atoms with Gasteiger partial charge in [0.25, 0.3) is 10.0 Å². The van der Waals surface area contributed by atoms with Crippen LogP contribution in [0.2, 0.25) is 0 Å². The van der Waals surface area contributed by atoms with E-state index in [1.165, 1.54) is 34.9 Å². The van der Waals surface area contributed by atoms with E-state index in [0.717, 1.165) is 18.8 Å². The van der Waals surface area contributed by atoms with Crippen molar-refractivity contribution < 1.29 is 17.6 Å². The Morgan fingerprint density at radius 3 is 2.53 bits per heavy atom.